The molecule has 20 heavy (non-hydrogen) atoms. The van der Waals surface area contributed by atoms with Gasteiger partial charge in [0, 0.05) is 11.1 Å². The highest BCUT2D eigenvalue weighted by Crippen LogP contribution is 2.23. The van der Waals surface area contributed by atoms with E-state index < -0.39 is 5.97 Å². The monoisotopic (exact) mass is 299 g/mol. The van der Waals surface area contributed by atoms with Gasteiger partial charge in [-0.3, -0.25) is 4.79 Å². The Labute approximate surface area is 122 Å². The zero-order valence-corrected chi connectivity index (χ0v) is 12.2. The van der Waals surface area contributed by atoms with E-state index in [2.05, 4.69) is 5.32 Å². The number of aromatic carboxylic acids is 1. The molecule has 0 heterocycles. The Bertz CT molecular complexity index is 486. The third kappa shape index (κ3) is 4.74. The Morgan fingerprint density at radius 2 is 2.00 bits per heavy atom. The van der Waals surface area contributed by atoms with Crippen LogP contribution >= 0.6 is 11.6 Å². The Morgan fingerprint density at radius 3 is 2.55 bits per heavy atom. The maximum absolute atomic E-state index is 11.7. The van der Waals surface area contributed by atoms with Crippen molar-refractivity contribution in [2.75, 3.05) is 6.61 Å². The minimum atomic E-state index is -1.13. The fourth-order valence-electron chi connectivity index (χ4n) is 1.70. The molecule has 2 N–H and O–H groups in total. The van der Waals surface area contributed by atoms with Crippen LogP contribution < -0.4 is 10.1 Å². The molecule has 0 bridgehead atoms. The van der Waals surface area contributed by atoms with E-state index in [-0.39, 0.29) is 29.9 Å². The molecule has 110 valence electrons. The molecule has 0 saturated carbocycles. The number of halogens is 1. The first kappa shape index (κ1) is 16.3. The van der Waals surface area contributed by atoms with Crippen molar-refractivity contribution >= 4 is 23.5 Å². The number of ether oxygens (including phenoxy) is 1. The van der Waals surface area contributed by atoms with Crippen LogP contribution in [0.15, 0.2) is 18.2 Å². The molecule has 0 radical (unpaired) electrons. The quantitative estimate of drug-likeness (QED) is 0.811. The molecule has 6 heteroatoms. The van der Waals surface area contributed by atoms with Crippen molar-refractivity contribution in [1.82, 2.24) is 5.32 Å². The van der Waals surface area contributed by atoms with Crippen LogP contribution in [-0.4, -0.2) is 29.6 Å². The number of amides is 1. The number of carboxylic acid groups (broad SMARTS) is 1. The highest BCUT2D eigenvalue weighted by molar-refractivity contribution is 6.30. The number of rotatable bonds is 7. The van der Waals surface area contributed by atoms with Gasteiger partial charge in [0.05, 0.1) is 0 Å². The van der Waals surface area contributed by atoms with Crippen LogP contribution in [0.4, 0.5) is 0 Å². The zero-order chi connectivity index (χ0) is 15.1. The second kappa shape index (κ2) is 7.75. The van der Waals surface area contributed by atoms with Gasteiger partial charge in [-0.15, -0.1) is 0 Å². The van der Waals surface area contributed by atoms with Crippen molar-refractivity contribution < 1.29 is 19.4 Å². The summed E-state index contributed by atoms with van der Waals surface area (Å²) in [7, 11) is 0. The number of hydrogen-bond donors (Lipinski definition) is 2. The standard InChI is InChI=1S/C14H18ClNO4/c1-3-10(4-2)16-13(17)8-20-12-7-9(15)5-6-11(12)14(18)19/h5-7,10H,3-4,8H2,1-2H3,(H,16,17)(H,18,19). The van der Waals surface area contributed by atoms with E-state index in [1.165, 1.54) is 18.2 Å². The van der Waals surface area contributed by atoms with Crippen LogP contribution in [0.2, 0.25) is 5.02 Å². The van der Waals surface area contributed by atoms with Crippen LogP contribution in [0, 0.1) is 0 Å². The SMILES string of the molecule is CCC(CC)NC(=O)COc1cc(Cl)ccc1C(=O)O. The lowest BCUT2D eigenvalue weighted by Crippen LogP contribution is -2.37. The Morgan fingerprint density at radius 1 is 1.35 bits per heavy atom. The van der Waals surface area contributed by atoms with Crippen LogP contribution in [0.3, 0.4) is 0 Å². The van der Waals surface area contributed by atoms with Gasteiger partial charge in [0.1, 0.15) is 11.3 Å². The van der Waals surface area contributed by atoms with Gasteiger partial charge in [-0.25, -0.2) is 4.79 Å². The van der Waals surface area contributed by atoms with Gasteiger partial charge < -0.3 is 15.2 Å². The number of carbonyl (C=O) groups is 2. The van der Waals surface area contributed by atoms with Crippen molar-refractivity contribution in [2.45, 2.75) is 32.7 Å². The van der Waals surface area contributed by atoms with E-state index in [4.69, 9.17) is 21.4 Å². The number of carboxylic acids is 1. The summed E-state index contributed by atoms with van der Waals surface area (Å²) < 4.78 is 5.25. The van der Waals surface area contributed by atoms with E-state index in [9.17, 15) is 9.59 Å². The van der Waals surface area contributed by atoms with Gasteiger partial charge in [0.15, 0.2) is 6.61 Å². The van der Waals surface area contributed by atoms with Crippen molar-refractivity contribution in [3.8, 4) is 5.75 Å². The summed E-state index contributed by atoms with van der Waals surface area (Å²) in [6.45, 7) is 3.72. The molecule has 0 aromatic heterocycles. The second-order valence-corrected chi connectivity index (χ2v) is 4.75. The van der Waals surface area contributed by atoms with Gasteiger partial charge in [0.25, 0.3) is 5.91 Å². The molecular formula is C14H18ClNO4. The van der Waals surface area contributed by atoms with E-state index in [1.54, 1.807) is 0 Å². The van der Waals surface area contributed by atoms with Crippen molar-refractivity contribution in [3.05, 3.63) is 28.8 Å². The summed E-state index contributed by atoms with van der Waals surface area (Å²) in [5, 5.41) is 12.2. The summed E-state index contributed by atoms with van der Waals surface area (Å²) in [5.74, 6) is -1.32. The molecule has 0 atom stereocenters. The molecule has 0 spiro atoms. The molecular weight excluding hydrogens is 282 g/mol. The average Bonchev–Trinajstić information content (AvgIpc) is 2.42. The number of carbonyl (C=O) groups excluding carboxylic acids is 1. The molecule has 0 aliphatic heterocycles. The largest absolute Gasteiger partial charge is 0.483 e. The first-order valence-electron chi connectivity index (χ1n) is 6.42. The van der Waals surface area contributed by atoms with Crippen LogP contribution in [0.1, 0.15) is 37.0 Å². The van der Waals surface area contributed by atoms with Crippen molar-refractivity contribution in [2.24, 2.45) is 0 Å². The van der Waals surface area contributed by atoms with Gasteiger partial charge in [0.2, 0.25) is 0 Å². The fourth-order valence-corrected chi connectivity index (χ4v) is 1.86. The Hall–Kier alpha value is -1.75. The van der Waals surface area contributed by atoms with E-state index >= 15 is 0 Å². The topological polar surface area (TPSA) is 75.6 Å². The molecule has 0 saturated heterocycles. The lowest BCUT2D eigenvalue weighted by atomic mass is 10.2. The summed E-state index contributed by atoms with van der Waals surface area (Å²) >= 11 is 5.79. The fraction of sp³-hybridized carbons (Fsp3) is 0.429. The number of nitrogens with one attached hydrogen (secondary N) is 1. The first-order chi connectivity index (χ1) is 9.47. The molecule has 0 aliphatic carbocycles. The molecule has 1 rings (SSSR count). The normalized spacial score (nSPS) is 10.4. The molecule has 1 amide bonds. The maximum atomic E-state index is 11.7. The molecule has 0 fully saturated rings. The summed E-state index contributed by atoms with van der Waals surface area (Å²) in [4.78, 5) is 22.7. The van der Waals surface area contributed by atoms with Gasteiger partial charge >= 0.3 is 5.97 Å². The third-order valence-corrected chi connectivity index (χ3v) is 3.12. The van der Waals surface area contributed by atoms with Crippen molar-refractivity contribution in [3.63, 3.8) is 0 Å². The molecule has 1 aromatic rings. The van der Waals surface area contributed by atoms with Crippen molar-refractivity contribution in [1.29, 1.82) is 0 Å². The van der Waals surface area contributed by atoms with E-state index in [1.807, 2.05) is 13.8 Å². The smallest absolute Gasteiger partial charge is 0.339 e. The number of benzene rings is 1. The van der Waals surface area contributed by atoms with E-state index in [0.717, 1.165) is 12.8 Å². The predicted molar refractivity (Wildman–Crippen MR) is 76.4 cm³/mol. The highest BCUT2D eigenvalue weighted by atomic mass is 35.5. The third-order valence-electron chi connectivity index (χ3n) is 2.88. The maximum Gasteiger partial charge on any atom is 0.339 e. The first-order valence-corrected chi connectivity index (χ1v) is 6.80. The Kier molecular flexibility index (Phi) is 6.31. The van der Waals surface area contributed by atoms with Crippen LogP contribution in [-0.2, 0) is 4.79 Å². The summed E-state index contributed by atoms with van der Waals surface area (Å²) in [6, 6.07) is 4.29. The predicted octanol–water partition coefficient (Wildman–Crippen LogP) is 2.72. The van der Waals surface area contributed by atoms with Gasteiger partial charge in [-0.2, -0.15) is 0 Å². The summed E-state index contributed by atoms with van der Waals surface area (Å²) in [6.07, 6.45) is 1.67. The second-order valence-electron chi connectivity index (χ2n) is 4.32. The molecule has 5 nitrogen and oxygen atoms in total. The molecule has 0 unspecified atom stereocenters. The molecule has 1 aromatic carbocycles. The van der Waals surface area contributed by atoms with E-state index in [0.29, 0.717) is 5.02 Å². The van der Waals surface area contributed by atoms with Gasteiger partial charge in [-0.05, 0) is 31.0 Å². The van der Waals surface area contributed by atoms with Gasteiger partial charge in [-0.1, -0.05) is 25.4 Å². The minimum Gasteiger partial charge on any atom is -0.483 e. The highest BCUT2D eigenvalue weighted by Gasteiger charge is 2.14. The minimum absolute atomic E-state index is 0.0234. The zero-order valence-electron chi connectivity index (χ0n) is 11.5. The summed E-state index contributed by atoms with van der Waals surface area (Å²) in [5.41, 5.74) is -0.0234. The molecule has 0 aliphatic rings. The Balaban J connectivity index is 2.67. The lowest BCUT2D eigenvalue weighted by molar-refractivity contribution is -0.123. The lowest BCUT2D eigenvalue weighted by Gasteiger charge is -2.15. The average molecular weight is 300 g/mol. The van der Waals surface area contributed by atoms with Crippen LogP contribution in [0.5, 0.6) is 5.75 Å². The number of hydrogen-bond acceptors (Lipinski definition) is 3. The van der Waals surface area contributed by atoms with Crippen LogP contribution in [0.25, 0.3) is 0 Å².